The molecule has 0 atom stereocenters. The fraction of sp³-hybridized carbons (Fsp3) is 0. The van der Waals surface area contributed by atoms with Crippen LogP contribution in [-0.4, -0.2) is 0 Å². The highest BCUT2D eigenvalue weighted by atomic mass is 14.1. The van der Waals surface area contributed by atoms with E-state index in [-0.39, 0.29) is 0 Å². The van der Waals surface area contributed by atoms with E-state index in [0.717, 1.165) is 27.8 Å². The minimum absolute atomic E-state index is 1.15. The molecule has 0 spiro atoms. The Bertz CT molecular complexity index is 3300. The first-order chi connectivity index (χ1) is 32.7. The van der Waals surface area contributed by atoms with Crippen LogP contribution in [0.3, 0.4) is 0 Å². The molecule has 0 heteroatoms. The fourth-order valence-electron chi connectivity index (χ4n) is 8.56. The summed E-state index contributed by atoms with van der Waals surface area (Å²) in [6.45, 7) is 0. The largest absolute Gasteiger partial charge is 0.0622 e. The molecule has 10 aromatic rings. The summed E-state index contributed by atoms with van der Waals surface area (Å²) in [6, 6.07) is 91.1. The molecule has 0 saturated carbocycles. The Morgan fingerprint density at radius 3 is 1.06 bits per heavy atom. The molecule has 312 valence electrons. The van der Waals surface area contributed by atoms with Crippen LogP contribution >= 0.6 is 0 Å². The van der Waals surface area contributed by atoms with Crippen LogP contribution in [0.25, 0.3) is 80.6 Å². The van der Waals surface area contributed by atoms with Gasteiger partial charge in [-0.25, -0.2) is 0 Å². The van der Waals surface area contributed by atoms with Crippen molar-refractivity contribution in [1.82, 2.24) is 0 Å². The molecule has 0 amide bonds. The van der Waals surface area contributed by atoms with E-state index in [0.29, 0.717) is 0 Å². The molecule has 10 rings (SSSR count). The van der Waals surface area contributed by atoms with Crippen molar-refractivity contribution in [3.05, 3.63) is 310 Å². The van der Waals surface area contributed by atoms with Gasteiger partial charge in [0.15, 0.2) is 0 Å². The molecule has 0 fully saturated rings. The molecule has 0 aliphatic heterocycles. The van der Waals surface area contributed by atoms with Crippen LogP contribution in [0.1, 0.15) is 55.6 Å². The van der Waals surface area contributed by atoms with Crippen molar-refractivity contribution < 1.29 is 0 Å². The summed E-state index contributed by atoms with van der Waals surface area (Å²) in [7, 11) is 0. The average molecular weight is 841 g/mol. The van der Waals surface area contributed by atoms with Gasteiger partial charge in [-0.05, 0) is 124 Å². The Morgan fingerprint density at radius 1 is 0.242 bits per heavy atom. The molecule has 0 radical (unpaired) electrons. The maximum Gasteiger partial charge on any atom is -0.0105 e. The van der Waals surface area contributed by atoms with Crippen LogP contribution in [0.15, 0.2) is 255 Å². The van der Waals surface area contributed by atoms with Gasteiger partial charge in [-0.15, -0.1) is 0 Å². The Balaban J connectivity index is 0.874. The predicted molar refractivity (Wildman–Crippen MR) is 285 cm³/mol. The standard InChI is InChI=1S/C66H48/c1-5-15-54(16-6-1)56-37-41-60(42-38-56)65(58-19-9-3-10-20-58)47-51-30-25-49(26-31-51)29-34-53-45-62-23-13-14-24-64(62)63(46-53)36-35-50-27-32-52(33-28-50)48-66(59-21-11-4-12-22-59)61-43-39-57(40-44-61)55-17-7-2-8-18-55/h1-48H/b34-29-,36-35-,65-47-,66-48-. The lowest BCUT2D eigenvalue weighted by atomic mass is 9.93. The van der Waals surface area contributed by atoms with E-state index in [1.807, 2.05) is 0 Å². The third-order valence-electron chi connectivity index (χ3n) is 12.1. The van der Waals surface area contributed by atoms with Crippen LogP contribution < -0.4 is 0 Å². The highest BCUT2D eigenvalue weighted by molar-refractivity contribution is 5.96. The predicted octanol–water partition coefficient (Wildman–Crippen LogP) is 17.7. The minimum atomic E-state index is 1.15. The maximum absolute atomic E-state index is 2.29. The van der Waals surface area contributed by atoms with Crippen LogP contribution in [0.2, 0.25) is 0 Å². The topological polar surface area (TPSA) is 0 Å². The van der Waals surface area contributed by atoms with E-state index in [9.17, 15) is 0 Å². The van der Waals surface area contributed by atoms with Crippen molar-refractivity contribution in [2.24, 2.45) is 0 Å². The van der Waals surface area contributed by atoms with Crippen molar-refractivity contribution in [2.45, 2.75) is 0 Å². The van der Waals surface area contributed by atoms with Gasteiger partial charge in [0.05, 0.1) is 0 Å². The summed E-state index contributed by atoms with van der Waals surface area (Å²) in [6.07, 6.45) is 13.5. The van der Waals surface area contributed by atoms with E-state index in [4.69, 9.17) is 0 Å². The van der Waals surface area contributed by atoms with Gasteiger partial charge in [-0.3, -0.25) is 0 Å². The van der Waals surface area contributed by atoms with Gasteiger partial charge >= 0.3 is 0 Å². The van der Waals surface area contributed by atoms with E-state index in [2.05, 4.69) is 291 Å². The third kappa shape index (κ3) is 9.95. The van der Waals surface area contributed by atoms with Crippen LogP contribution in [0.4, 0.5) is 0 Å². The molecule has 0 aliphatic rings. The summed E-state index contributed by atoms with van der Waals surface area (Å²) >= 11 is 0. The Hall–Kier alpha value is -8.58. The number of fused-ring (bicyclic) bond motifs is 1. The second-order valence-corrected chi connectivity index (χ2v) is 16.6. The zero-order valence-electron chi connectivity index (χ0n) is 36.7. The SMILES string of the molecule is C(=C/c1cc(/C=C\c2ccc(/C=C(/c3ccccc3)c3ccc(-c4ccccc4)cc3)cc2)c2ccccc2c1)/c1ccc(/C=C(/c2ccccc2)c2ccc(-c3ccccc3)cc2)cc1. The molecule has 0 saturated heterocycles. The van der Waals surface area contributed by atoms with E-state index in [1.165, 1.54) is 72.0 Å². The molecule has 0 unspecified atom stereocenters. The smallest absolute Gasteiger partial charge is 0.0105 e. The minimum Gasteiger partial charge on any atom is -0.0622 e. The Morgan fingerprint density at radius 2 is 0.591 bits per heavy atom. The van der Waals surface area contributed by atoms with Crippen molar-refractivity contribution in [1.29, 1.82) is 0 Å². The lowest BCUT2D eigenvalue weighted by Crippen LogP contribution is -1.89. The number of hydrogen-bond acceptors (Lipinski definition) is 0. The van der Waals surface area contributed by atoms with Crippen LogP contribution in [0, 0.1) is 0 Å². The Labute approximate surface area is 389 Å². The second-order valence-electron chi connectivity index (χ2n) is 16.6. The quantitative estimate of drug-likeness (QED) is 0.108. The molecule has 0 aromatic heterocycles. The summed E-state index contributed by atoms with van der Waals surface area (Å²) in [5.41, 5.74) is 19.0. The molecule has 0 bridgehead atoms. The first-order valence-corrected chi connectivity index (χ1v) is 22.6. The molecule has 10 aromatic carbocycles. The Kier molecular flexibility index (Phi) is 12.5. The molecular weight excluding hydrogens is 793 g/mol. The second kappa shape index (κ2) is 19.9. The normalized spacial score (nSPS) is 12.0. The van der Waals surface area contributed by atoms with Gasteiger partial charge in [-0.1, -0.05) is 267 Å². The first-order valence-electron chi connectivity index (χ1n) is 22.6. The van der Waals surface area contributed by atoms with Crippen molar-refractivity contribution in [2.75, 3.05) is 0 Å². The maximum atomic E-state index is 2.29. The molecule has 0 aliphatic carbocycles. The van der Waals surface area contributed by atoms with Gasteiger partial charge in [0.1, 0.15) is 0 Å². The lowest BCUT2D eigenvalue weighted by Gasteiger charge is -2.11. The monoisotopic (exact) mass is 840 g/mol. The van der Waals surface area contributed by atoms with Gasteiger partial charge in [-0.2, -0.15) is 0 Å². The molecular formula is C66H48. The first kappa shape index (κ1) is 41.4. The van der Waals surface area contributed by atoms with Crippen LogP contribution in [-0.2, 0) is 0 Å². The lowest BCUT2D eigenvalue weighted by molar-refractivity contribution is 1.54. The molecule has 0 heterocycles. The van der Waals surface area contributed by atoms with E-state index in [1.54, 1.807) is 0 Å². The van der Waals surface area contributed by atoms with Gasteiger partial charge in [0, 0.05) is 0 Å². The highest BCUT2D eigenvalue weighted by Gasteiger charge is 2.09. The van der Waals surface area contributed by atoms with Gasteiger partial charge in [0.25, 0.3) is 0 Å². The number of benzene rings is 10. The van der Waals surface area contributed by atoms with Crippen molar-refractivity contribution in [3.8, 4) is 22.3 Å². The average Bonchev–Trinajstić information content (AvgIpc) is 3.40. The van der Waals surface area contributed by atoms with Crippen molar-refractivity contribution in [3.63, 3.8) is 0 Å². The number of hydrogen-bond donors (Lipinski definition) is 0. The van der Waals surface area contributed by atoms with E-state index >= 15 is 0 Å². The summed E-state index contributed by atoms with van der Waals surface area (Å²) < 4.78 is 0. The molecule has 0 nitrogen and oxygen atoms in total. The zero-order valence-corrected chi connectivity index (χ0v) is 36.7. The zero-order chi connectivity index (χ0) is 44.3. The molecule has 0 N–H and O–H groups in total. The summed E-state index contributed by atoms with van der Waals surface area (Å²) in [4.78, 5) is 0. The summed E-state index contributed by atoms with van der Waals surface area (Å²) in [5.74, 6) is 0. The van der Waals surface area contributed by atoms with Crippen molar-refractivity contribution >= 4 is 58.4 Å². The van der Waals surface area contributed by atoms with Gasteiger partial charge in [0.2, 0.25) is 0 Å². The van der Waals surface area contributed by atoms with Gasteiger partial charge < -0.3 is 0 Å². The molecule has 66 heavy (non-hydrogen) atoms. The number of rotatable bonds is 12. The van der Waals surface area contributed by atoms with Crippen LogP contribution in [0.5, 0.6) is 0 Å². The summed E-state index contributed by atoms with van der Waals surface area (Å²) in [5, 5.41) is 2.45. The fourth-order valence-corrected chi connectivity index (χ4v) is 8.56. The van der Waals surface area contributed by atoms with E-state index < -0.39 is 0 Å². The third-order valence-corrected chi connectivity index (χ3v) is 12.1. The highest BCUT2D eigenvalue weighted by Crippen LogP contribution is 2.32.